The Balaban J connectivity index is 0.899. The largest absolute Gasteiger partial charge is 0.309 e. The van der Waals surface area contributed by atoms with Gasteiger partial charge in [-0.15, -0.1) is 0 Å². The zero-order valence-corrected chi connectivity index (χ0v) is 37.2. The molecule has 0 amide bonds. The van der Waals surface area contributed by atoms with Gasteiger partial charge in [0.05, 0.1) is 33.5 Å². The lowest BCUT2D eigenvalue weighted by Gasteiger charge is -2.14. The zero-order chi connectivity index (χ0) is 45.0. The van der Waals surface area contributed by atoms with Crippen LogP contribution in [0.5, 0.6) is 0 Å². The van der Waals surface area contributed by atoms with Crippen LogP contribution in [0.3, 0.4) is 0 Å². The number of para-hydroxylation sites is 4. The van der Waals surface area contributed by atoms with Gasteiger partial charge in [-0.1, -0.05) is 194 Å². The van der Waals surface area contributed by atoms with E-state index >= 15 is 0 Å². The minimum absolute atomic E-state index is 0.919. The molecule has 3 aromatic heterocycles. The Kier molecular flexibility index (Phi) is 9.50. The summed E-state index contributed by atoms with van der Waals surface area (Å²) in [6.45, 7) is 0. The fraction of sp³-hybridized carbons (Fsp3) is 0. The summed E-state index contributed by atoms with van der Waals surface area (Å²) in [5.74, 6) is 0. The molecule has 0 fully saturated rings. The van der Waals surface area contributed by atoms with Gasteiger partial charge >= 0.3 is 0 Å². The van der Waals surface area contributed by atoms with Gasteiger partial charge in [-0.3, -0.25) is 0 Å². The molecule has 10 aromatic carbocycles. The number of aromatic nitrogens is 3. The van der Waals surface area contributed by atoms with E-state index in [9.17, 15) is 0 Å². The predicted molar refractivity (Wildman–Crippen MR) is 286 cm³/mol. The summed E-state index contributed by atoms with van der Waals surface area (Å²) in [4.78, 5) is 5.45. The lowest BCUT2D eigenvalue weighted by molar-refractivity contribution is 1.18. The maximum atomic E-state index is 5.45. The molecule has 3 heterocycles. The standard InChI is InChI=1S/C65H43N3/c1-2-15-44(16-3-1)49-17-12-18-50(39-49)45-31-33-47(34-32-45)53-42-60(66-61(43-53)52-20-14-22-55(41-52)68-64-29-10-6-25-58(64)59-26-7-11-30-65(59)68)48-37-35-46(36-38-48)51-19-13-21-54(40-51)67-62-27-8-4-23-56(62)57-24-5-9-28-63(57)67/h1-43H. The second-order valence-electron chi connectivity index (χ2n) is 17.6. The molecule has 0 aliphatic heterocycles. The van der Waals surface area contributed by atoms with E-state index in [4.69, 9.17) is 4.98 Å². The molecule has 3 heteroatoms. The SMILES string of the molecule is c1ccc(-c2cccc(-c3ccc(-c4cc(-c5ccc(-c6cccc(-n7c8ccccc8c8ccccc87)c6)cc5)nc(-c5cccc(-n6c7ccccc7c7ccccc76)c5)c4)cc3)c2)cc1. The third-order valence-corrected chi connectivity index (χ3v) is 13.5. The molecular formula is C65H43N3. The molecule has 0 spiro atoms. The molecule has 0 aliphatic rings. The van der Waals surface area contributed by atoms with Gasteiger partial charge in [0.2, 0.25) is 0 Å². The zero-order valence-electron chi connectivity index (χ0n) is 37.2. The Morgan fingerprint density at radius 3 is 1.01 bits per heavy atom. The summed E-state index contributed by atoms with van der Waals surface area (Å²) in [6, 6.07) is 94.1. The van der Waals surface area contributed by atoms with Gasteiger partial charge < -0.3 is 9.13 Å². The average molecular weight is 866 g/mol. The lowest BCUT2D eigenvalue weighted by atomic mass is 9.95. The molecule has 0 unspecified atom stereocenters. The van der Waals surface area contributed by atoms with Gasteiger partial charge in [-0.2, -0.15) is 0 Å². The first-order valence-corrected chi connectivity index (χ1v) is 23.3. The van der Waals surface area contributed by atoms with E-state index in [1.165, 1.54) is 65.9 Å². The number of hydrogen-bond donors (Lipinski definition) is 0. The summed E-state index contributed by atoms with van der Waals surface area (Å²) in [5, 5.41) is 5.01. The molecule has 0 saturated heterocycles. The highest BCUT2D eigenvalue weighted by Crippen LogP contribution is 2.38. The van der Waals surface area contributed by atoms with Crippen LogP contribution < -0.4 is 0 Å². The van der Waals surface area contributed by atoms with Crippen molar-refractivity contribution in [2.24, 2.45) is 0 Å². The Hall–Kier alpha value is -9.05. The Morgan fingerprint density at radius 1 is 0.206 bits per heavy atom. The number of benzene rings is 10. The lowest BCUT2D eigenvalue weighted by Crippen LogP contribution is -1.96. The number of hydrogen-bond acceptors (Lipinski definition) is 1. The molecule has 68 heavy (non-hydrogen) atoms. The molecule has 0 atom stereocenters. The van der Waals surface area contributed by atoms with Crippen LogP contribution in [-0.2, 0) is 0 Å². The Labute approximate surface area is 395 Å². The summed E-state index contributed by atoms with van der Waals surface area (Å²) in [6.07, 6.45) is 0. The van der Waals surface area contributed by atoms with Crippen LogP contribution in [0.2, 0.25) is 0 Å². The van der Waals surface area contributed by atoms with Crippen LogP contribution in [0, 0.1) is 0 Å². The molecule has 13 aromatic rings. The van der Waals surface area contributed by atoms with E-state index in [2.05, 4.69) is 270 Å². The third-order valence-electron chi connectivity index (χ3n) is 13.5. The van der Waals surface area contributed by atoms with E-state index in [1.54, 1.807) is 0 Å². The van der Waals surface area contributed by atoms with Crippen molar-refractivity contribution >= 4 is 43.6 Å². The molecule has 0 radical (unpaired) electrons. The molecule has 13 rings (SSSR count). The summed E-state index contributed by atoms with van der Waals surface area (Å²) >= 11 is 0. The smallest absolute Gasteiger partial charge is 0.0716 e. The summed E-state index contributed by atoms with van der Waals surface area (Å²) < 4.78 is 4.75. The summed E-state index contributed by atoms with van der Waals surface area (Å²) in [5.41, 5.74) is 20.3. The van der Waals surface area contributed by atoms with Gasteiger partial charge in [-0.25, -0.2) is 4.98 Å². The topological polar surface area (TPSA) is 22.8 Å². The maximum Gasteiger partial charge on any atom is 0.0716 e. The molecular weight excluding hydrogens is 823 g/mol. The van der Waals surface area contributed by atoms with Crippen molar-refractivity contribution in [3.63, 3.8) is 0 Å². The molecule has 0 N–H and O–H groups in total. The molecule has 0 bridgehead atoms. The van der Waals surface area contributed by atoms with E-state index < -0.39 is 0 Å². The number of fused-ring (bicyclic) bond motifs is 6. The average Bonchev–Trinajstić information content (AvgIpc) is 3.94. The van der Waals surface area contributed by atoms with Gasteiger partial charge in [-0.05, 0) is 111 Å². The second-order valence-corrected chi connectivity index (χ2v) is 17.6. The Bertz CT molecular complexity index is 3900. The van der Waals surface area contributed by atoms with E-state index in [-0.39, 0.29) is 0 Å². The monoisotopic (exact) mass is 865 g/mol. The Morgan fingerprint density at radius 2 is 0.529 bits per heavy atom. The van der Waals surface area contributed by atoms with Crippen molar-refractivity contribution in [2.45, 2.75) is 0 Å². The fourth-order valence-electron chi connectivity index (χ4n) is 10.2. The van der Waals surface area contributed by atoms with Crippen molar-refractivity contribution in [1.82, 2.24) is 14.1 Å². The van der Waals surface area contributed by atoms with Crippen molar-refractivity contribution in [1.29, 1.82) is 0 Å². The molecule has 3 nitrogen and oxygen atoms in total. The van der Waals surface area contributed by atoms with Crippen molar-refractivity contribution in [2.75, 3.05) is 0 Å². The minimum atomic E-state index is 0.919. The highest BCUT2D eigenvalue weighted by molar-refractivity contribution is 6.10. The van der Waals surface area contributed by atoms with Crippen LogP contribution in [0.25, 0.3) is 122 Å². The highest BCUT2D eigenvalue weighted by atomic mass is 15.0. The van der Waals surface area contributed by atoms with Gasteiger partial charge in [0, 0.05) is 44.0 Å². The van der Waals surface area contributed by atoms with Crippen LogP contribution in [0.1, 0.15) is 0 Å². The second kappa shape index (κ2) is 16.4. The fourth-order valence-corrected chi connectivity index (χ4v) is 10.2. The van der Waals surface area contributed by atoms with Crippen LogP contribution in [-0.4, -0.2) is 14.1 Å². The van der Waals surface area contributed by atoms with E-state index in [0.717, 1.165) is 56.1 Å². The van der Waals surface area contributed by atoms with Crippen molar-refractivity contribution < 1.29 is 0 Å². The van der Waals surface area contributed by atoms with Crippen molar-refractivity contribution in [3.8, 4) is 78.4 Å². The highest BCUT2D eigenvalue weighted by Gasteiger charge is 2.16. The molecule has 0 aliphatic carbocycles. The predicted octanol–water partition coefficient (Wildman–Crippen LogP) is 17.3. The molecule has 318 valence electrons. The first kappa shape index (κ1) is 39.3. The van der Waals surface area contributed by atoms with Crippen molar-refractivity contribution in [3.05, 3.63) is 261 Å². The minimum Gasteiger partial charge on any atom is -0.309 e. The first-order valence-electron chi connectivity index (χ1n) is 23.3. The number of nitrogens with zero attached hydrogens (tertiary/aromatic N) is 3. The van der Waals surface area contributed by atoms with Gasteiger partial charge in [0.1, 0.15) is 0 Å². The van der Waals surface area contributed by atoms with E-state index in [1.807, 2.05) is 0 Å². The summed E-state index contributed by atoms with van der Waals surface area (Å²) in [7, 11) is 0. The molecule has 0 saturated carbocycles. The van der Waals surface area contributed by atoms with Crippen LogP contribution >= 0.6 is 0 Å². The number of rotatable bonds is 8. The third kappa shape index (κ3) is 6.88. The van der Waals surface area contributed by atoms with Gasteiger partial charge in [0.15, 0.2) is 0 Å². The first-order chi connectivity index (χ1) is 33.7. The van der Waals surface area contributed by atoms with Crippen LogP contribution in [0.15, 0.2) is 261 Å². The maximum absolute atomic E-state index is 5.45. The van der Waals surface area contributed by atoms with Gasteiger partial charge in [0.25, 0.3) is 0 Å². The van der Waals surface area contributed by atoms with E-state index in [0.29, 0.717) is 0 Å². The number of pyridine rings is 1. The van der Waals surface area contributed by atoms with Crippen LogP contribution in [0.4, 0.5) is 0 Å². The quantitative estimate of drug-likeness (QED) is 0.149. The normalized spacial score (nSPS) is 11.5.